The Morgan fingerprint density at radius 2 is 1.71 bits per heavy atom. The predicted molar refractivity (Wildman–Crippen MR) is 110 cm³/mol. The van der Waals surface area contributed by atoms with Crippen LogP contribution in [-0.4, -0.2) is 59.9 Å². The summed E-state index contributed by atoms with van der Waals surface area (Å²) in [5.74, 6) is -1.41. The first-order valence-corrected chi connectivity index (χ1v) is 9.81. The summed E-state index contributed by atoms with van der Waals surface area (Å²) in [5.41, 5.74) is -0.847. The lowest BCUT2D eigenvalue weighted by Crippen LogP contribution is -2.42. The van der Waals surface area contributed by atoms with Crippen molar-refractivity contribution < 1.29 is 27.5 Å². The second kappa shape index (κ2) is 10.2. The maximum atomic E-state index is 13.1. The molecule has 0 aliphatic heterocycles. The van der Waals surface area contributed by atoms with Crippen molar-refractivity contribution in [1.82, 2.24) is 14.8 Å². The molecule has 0 aliphatic rings. The first kappa shape index (κ1) is 24.7. The fourth-order valence-electron chi connectivity index (χ4n) is 2.64. The maximum Gasteiger partial charge on any atom is 0.419 e. The van der Waals surface area contributed by atoms with Gasteiger partial charge >= 0.3 is 6.18 Å². The number of para-hydroxylation sites is 1. The van der Waals surface area contributed by atoms with E-state index in [9.17, 15) is 22.8 Å². The van der Waals surface area contributed by atoms with Crippen LogP contribution in [0.2, 0.25) is 10.0 Å². The van der Waals surface area contributed by atoms with E-state index in [4.69, 9.17) is 27.9 Å². The van der Waals surface area contributed by atoms with Crippen molar-refractivity contribution >= 4 is 35.0 Å². The summed E-state index contributed by atoms with van der Waals surface area (Å²) in [6, 6.07) is 4.67. The quantitative estimate of drug-likeness (QED) is 0.592. The number of amides is 2. The molecule has 0 bridgehead atoms. The van der Waals surface area contributed by atoms with Crippen LogP contribution >= 0.6 is 23.2 Å². The first-order valence-electron chi connectivity index (χ1n) is 9.05. The van der Waals surface area contributed by atoms with Crippen LogP contribution in [0.25, 0.3) is 0 Å². The Hall–Kier alpha value is -2.52. The van der Waals surface area contributed by atoms with E-state index in [0.29, 0.717) is 0 Å². The predicted octanol–water partition coefficient (Wildman–Crippen LogP) is 4.41. The lowest BCUT2D eigenvalue weighted by Gasteiger charge is -2.26. The molecule has 0 fully saturated rings. The van der Waals surface area contributed by atoms with Crippen LogP contribution in [0.4, 0.5) is 13.2 Å². The minimum atomic E-state index is -4.61. The standard InChI is InChI=1S/C20H20Cl2F3N3O3/c1-12(31-16-7-5-4-6-14(16)20(23,24)25)18(29)27(2)8-9-28(3)19(30)13-10-26-11-15(21)17(13)22/h4-7,10-12H,8-9H2,1-3H3. The highest BCUT2D eigenvalue weighted by Gasteiger charge is 2.35. The van der Waals surface area contributed by atoms with Crippen molar-refractivity contribution in [2.24, 2.45) is 0 Å². The SMILES string of the molecule is CC(Oc1ccccc1C(F)(F)F)C(=O)N(C)CCN(C)C(=O)c1cncc(Cl)c1Cl. The number of rotatable bonds is 7. The van der Waals surface area contributed by atoms with Crippen LogP contribution in [0.5, 0.6) is 5.75 Å². The zero-order valence-corrected chi connectivity index (χ0v) is 18.4. The molecule has 6 nitrogen and oxygen atoms in total. The molecule has 1 unspecified atom stereocenters. The summed E-state index contributed by atoms with van der Waals surface area (Å²) < 4.78 is 44.6. The molecule has 2 amide bonds. The van der Waals surface area contributed by atoms with Gasteiger partial charge in [-0.2, -0.15) is 13.2 Å². The van der Waals surface area contributed by atoms with E-state index in [2.05, 4.69) is 4.98 Å². The Balaban J connectivity index is 1.98. The normalized spacial score (nSPS) is 12.3. The molecular formula is C20H20Cl2F3N3O3. The van der Waals surface area contributed by atoms with Gasteiger partial charge in [-0.15, -0.1) is 0 Å². The lowest BCUT2D eigenvalue weighted by atomic mass is 10.2. The number of halogens is 5. The van der Waals surface area contributed by atoms with Gasteiger partial charge in [0.15, 0.2) is 6.10 Å². The van der Waals surface area contributed by atoms with E-state index in [1.807, 2.05) is 0 Å². The minimum Gasteiger partial charge on any atom is -0.480 e. The van der Waals surface area contributed by atoms with Gasteiger partial charge < -0.3 is 14.5 Å². The molecule has 0 spiro atoms. The van der Waals surface area contributed by atoms with Gasteiger partial charge in [0.1, 0.15) is 5.75 Å². The van der Waals surface area contributed by atoms with E-state index in [0.717, 1.165) is 12.1 Å². The van der Waals surface area contributed by atoms with Gasteiger partial charge in [0.05, 0.1) is 21.2 Å². The molecule has 2 aromatic rings. The molecule has 2 rings (SSSR count). The second-order valence-electron chi connectivity index (χ2n) is 6.72. The van der Waals surface area contributed by atoms with E-state index in [-0.39, 0.29) is 28.7 Å². The third-order valence-corrected chi connectivity index (χ3v) is 5.20. The van der Waals surface area contributed by atoms with Crippen molar-refractivity contribution in [2.75, 3.05) is 27.2 Å². The Morgan fingerprint density at radius 1 is 1.10 bits per heavy atom. The number of aromatic nitrogens is 1. The molecule has 0 aliphatic carbocycles. The topological polar surface area (TPSA) is 62.7 Å². The summed E-state index contributed by atoms with van der Waals surface area (Å²) in [6.07, 6.45) is -3.17. The molecule has 0 saturated carbocycles. The van der Waals surface area contributed by atoms with E-state index in [1.165, 1.54) is 55.3 Å². The molecule has 31 heavy (non-hydrogen) atoms. The number of hydrogen-bond acceptors (Lipinski definition) is 4. The number of pyridine rings is 1. The molecule has 0 N–H and O–H groups in total. The van der Waals surface area contributed by atoms with Crippen LogP contribution in [0, 0.1) is 0 Å². The summed E-state index contributed by atoms with van der Waals surface area (Å²) in [7, 11) is 2.97. The van der Waals surface area contributed by atoms with E-state index in [1.54, 1.807) is 0 Å². The van der Waals surface area contributed by atoms with Crippen molar-refractivity contribution in [3.8, 4) is 5.75 Å². The van der Waals surface area contributed by atoms with Gasteiger partial charge in [0, 0.05) is 39.6 Å². The monoisotopic (exact) mass is 477 g/mol. The highest BCUT2D eigenvalue weighted by atomic mass is 35.5. The average molecular weight is 478 g/mol. The van der Waals surface area contributed by atoms with Crippen LogP contribution in [-0.2, 0) is 11.0 Å². The summed E-state index contributed by atoms with van der Waals surface area (Å²) >= 11 is 11.9. The van der Waals surface area contributed by atoms with Crippen molar-refractivity contribution in [3.05, 3.63) is 57.8 Å². The number of alkyl halides is 3. The largest absolute Gasteiger partial charge is 0.480 e. The molecule has 0 saturated heterocycles. The Morgan fingerprint density at radius 3 is 2.35 bits per heavy atom. The zero-order chi connectivity index (χ0) is 23.3. The Kier molecular flexibility index (Phi) is 8.14. The number of ether oxygens (including phenoxy) is 1. The highest BCUT2D eigenvalue weighted by Crippen LogP contribution is 2.36. The van der Waals surface area contributed by atoms with Gasteiger partial charge in [-0.1, -0.05) is 35.3 Å². The van der Waals surface area contributed by atoms with Crippen LogP contribution in [0.3, 0.4) is 0 Å². The summed E-state index contributed by atoms with van der Waals surface area (Å²) in [6.45, 7) is 1.61. The van der Waals surface area contributed by atoms with Crippen LogP contribution in [0.1, 0.15) is 22.8 Å². The molecule has 168 valence electrons. The number of likely N-dealkylation sites (N-methyl/N-ethyl adjacent to an activating group) is 2. The summed E-state index contributed by atoms with van der Waals surface area (Å²) in [5, 5.41) is 0.210. The molecule has 1 atom stereocenters. The average Bonchev–Trinajstić information content (AvgIpc) is 2.72. The van der Waals surface area contributed by atoms with Crippen molar-refractivity contribution in [1.29, 1.82) is 0 Å². The van der Waals surface area contributed by atoms with Gasteiger partial charge in [-0.05, 0) is 19.1 Å². The molecule has 0 radical (unpaired) electrons. The number of carbonyl (C=O) groups is 2. The Bertz CT molecular complexity index is 957. The summed E-state index contributed by atoms with van der Waals surface area (Å²) in [4.78, 5) is 31.5. The zero-order valence-electron chi connectivity index (χ0n) is 16.9. The van der Waals surface area contributed by atoms with E-state index >= 15 is 0 Å². The minimum absolute atomic E-state index is 0.0725. The van der Waals surface area contributed by atoms with Gasteiger partial charge in [-0.3, -0.25) is 14.6 Å². The first-order chi connectivity index (χ1) is 14.4. The van der Waals surface area contributed by atoms with Crippen LogP contribution < -0.4 is 4.74 Å². The van der Waals surface area contributed by atoms with Crippen molar-refractivity contribution in [2.45, 2.75) is 19.2 Å². The maximum absolute atomic E-state index is 13.1. The third kappa shape index (κ3) is 6.24. The smallest absolute Gasteiger partial charge is 0.419 e. The molecule has 1 aromatic heterocycles. The van der Waals surface area contributed by atoms with Gasteiger partial charge in [0.25, 0.3) is 11.8 Å². The third-order valence-electron chi connectivity index (χ3n) is 4.41. The molecule has 1 heterocycles. The number of carbonyl (C=O) groups excluding carboxylic acids is 2. The number of nitrogens with zero attached hydrogens (tertiary/aromatic N) is 3. The Labute approximate surface area is 187 Å². The molecule has 11 heteroatoms. The lowest BCUT2D eigenvalue weighted by molar-refractivity contribution is -0.143. The second-order valence-corrected chi connectivity index (χ2v) is 7.51. The van der Waals surface area contributed by atoms with Gasteiger partial charge in [-0.25, -0.2) is 0 Å². The van der Waals surface area contributed by atoms with Crippen molar-refractivity contribution in [3.63, 3.8) is 0 Å². The molecular weight excluding hydrogens is 458 g/mol. The number of hydrogen-bond donors (Lipinski definition) is 0. The van der Waals surface area contributed by atoms with Crippen LogP contribution in [0.15, 0.2) is 36.7 Å². The van der Waals surface area contributed by atoms with E-state index < -0.39 is 35.4 Å². The fraction of sp³-hybridized carbons (Fsp3) is 0.350. The highest BCUT2D eigenvalue weighted by molar-refractivity contribution is 6.43. The molecule has 1 aromatic carbocycles. The number of benzene rings is 1. The fourth-order valence-corrected chi connectivity index (χ4v) is 2.98. The van der Waals surface area contributed by atoms with Gasteiger partial charge in [0.2, 0.25) is 0 Å².